The van der Waals surface area contributed by atoms with Crippen molar-refractivity contribution in [3.05, 3.63) is 54.1 Å². The van der Waals surface area contributed by atoms with Gasteiger partial charge >= 0.3 is 0 Å². The highest BCUT2D eigenvalue weighted by Gasteiger charge is 2.13. The van der Waals surface area contributed by atoms with E-state index in [-0.39, 0.29) is 5.41 Å². The van der Waals surface area contributed by atoms with Gasteiger partial charge in [0.15, 0.2) is 0 Å². The lowest BCUT2D eigenvalue weighted by Gasteiger charge is -2.20. The van der Waals surface area contributed by atoms with Gasteiger partial charge in [-0.05, 0) is 16.6 Å². The minimum absolute atomic E-state index is 0.164. The molecule has 0 bridgehead atoms. The summed E-state index contributed by atoms with van der Waals surface area (Å²) in [6, 6.07) is 10.3. The van der Waals surface area contributed by atoms with Crippen molar-refractivity contribution in [3.63, 3.8) is 0 Å². The first kappa shape index (κ1) is 10.8. The average Bonchev–Trinajstić information content (AvgIpc) is 2.14. The Labute approximate surface area is 87.0 Å². The van der Waals surface area contributed by atoms with E-state index >= 15 is 0 Å². The summed E-state index contributed by atoms with van der Waals surface area (Å²) >= 11 is 0. The monoisotopic (exact) mass is 186 g/mol. The molecule has 0 saturated carbocycles. The Morgan fingerprint density at radius 3 is 2.14 bits per heavy atom. The zero-order chi connectivity index (χ0) is 10.6. The van der Waals surface area contributed by atoms with E-state index in [1.807, 2.05) is 12.1 Å². The van der Waals surface area contributed by atoms with E-state index in [1.165, 1.54) is 11.1 Å². The van der Waals surface area contributed by atoms with Crippen molar-refractivity contribution in [2.45, 2.75) is 20.8 Å². The molecular weight excluding hydrogens is 168 g/mol. The summed E-state index contributed by atoms with van der Waals surface area (Å²) in [6.45, 7) is 10.4. The third kappa shape index (κ3) is 2.88. The standard InChI is InChI=1S/C14H18/c1-5-13(14(2,3)4)11-12-9-7-6-8-10-12/h5-11H,1H2,2-4H3/b13-11-. The van der Waals surface area contributed by atoms with Crippen LogP contribution in [0.15, 0.2) is 48.6 Å². The second kappa shape index (κ2) is 4.28. The fourth-order valence-electron chi connectivity index (χ4n) is 1.31. The van der Waals surface area contributed by atoms with Crippen LogP contribution in [0.25, 0.3) is 6.08 Å². The van der Waals surface area contributed by atoms with Crippen LogP contribution in [0.2, 0.25) is 0 Å². The van der Waals surface area contributed by atoms with Crippen LogP contribution in [0.3, 0.4) is 0 Å². The van der Waals surface area contributed by atoms with Gasteiger partial charge < -0.3 is 0 Å². The predicted molar refractivity (Wildman–Crippen MR) is 64.1 cm³/mol. The smallest absolute Gasteiger partial charge is 0.0132 e. The SMILES string of the molecule is C=C/C(=C/c1ccccc1)C(C)(C)C. The second-order valence-corrected chi connectivity index (χ2v) is 4.46. The van der Waals surface area contributed by atoms with E-state index in [0.29, 0.717) is 0 Å². The normalized spacial score (nSPS) is 12.6. The van der Waals surface area contributed by atoms with Crippen LogP contribution in [-0.2, 0) is 0 Å². The first-order chi connectivity index (χ1) is 6.54. The van der Waals surface area contributed by atoms with E-state index in [4.69, 9.17) is 0 Å². The molecule has 0 nitrogen and oxygen atoms in total. The Kier molecular flexibility index (Phi) is 3.29. The number of allylic oxidation sites excluding steroid dienone is 2. The molecule has 14 heavy (non-hydrogen) atoms. The molecule has 0 aliphatic carbocycles. The van der Waals surface area contributed by atoms with Gasteiger partial charge in [0.25, 0.3) is 0 Å². The summed E-state index contributed by atoms with van der Waals surface area (Å²) in [7, 11) is 0. The molecule has 0 radical (unpaired) electrons. The highest BCUT2D eigenvalue weighted by Crippen LogP contribution is 2.27. The molecule has 0 heterocycles. The van der Waals surface area contributed by atoms with Crippen molar-refractivity contribution in [2.24, 2.45) is 5.41 Å². The molecule has 74 valence electrons. The largest absolute Gasteiger partial charge is 0.0988 e. The van der Waals surface area contributed by atoms with Crippen molar-refractivity contribution in [3.8, 4) is 0 Å². The molecule has 1 rings (SSSR count). The Hall–Kier alpha value is -1.30. The minimum Gasteiger partial charge on any atom is -0.0988 e. The van der Waals surface area contributed by atoms with Crippen molar-refractivity contribution < 1.29 is 0 Å². The van der Waals surface area contributed by atoms with Crippen molar-refractivity contribution >= 4 is 6.08 Å². The van der Waals surface area contributed by atoms with Crippen molar-refractivity contribution in [1.29, 1.82) is 0 Å². The van der Waals surface area contributed by atoms with Gasteiger partial charge in [-0.2, -0.15) is 0 Å². The highest BCUT2D eigenvalue weighted by molar-refractivity contribution is 5.56. The van der Waals surface area contributed by atoms with Crippen LogP contribution in [-0.4, -0.2) is 0 Å². The van der Waals surface area contributed by atoms with Crippen LogP contribution >= 0.6 is 0 Å². The first-order valence-corrected chi connectivity index (χ1v) is 4.93. The summed E-state index contributed by atoms with van der Waals surface area (Å²) in [5.41, 5.74) is 2.67. The molecule has 0 fully saturated rings. The lowest BCUT2D eigenvalue weighted by Crippen LogP contribution is -2.06. The molecule has 0 aliphatic rings. The fourth-order valence-corrected chi connectivity index (χ4v) is 1.31. The summed E-state index contributed by atoms with van der Waals surface area (Å²) in [5, 5.41) is 0. The van der Waals surface area contributed by atoms with E-state index in [9.17, 15) is 0 Å². The Bertz CT molecular complexity index is 323. The number of hydrogen-bond donors (Lipinski definition) is 0. The first-order valence-electron chi connectivity index (χ1n) is 4.93. The maximum atomic E-state index is 3.86. The van der Waals surface area contributed by atoms with E-state index < -0.39 is 0 Å². The van der Waals surface area contributed by atoms with Gasteiger partial charge in [0.05, 0.1) is 0 Å². The molecule has 0 aliphatic heterocycles. The molecule has 1 aromatic carbocycles. The van der Waals surface area contributed by atoms with Crippen molar-refractivity contribution in [1.82, 2.24) is 0 Å². The van der Waals surface area contributed by atoms with E-state index in [2.05, 4.69) is 57.7 Å². The van der Waals surface area contributed by atoms with Crippen LogP contribution < -0.4 is 0 Å². The lowest BCUT2D eigenvalue weighted by molar-refractivity contribution is 0.521. The van der Waals surface area contributed by atoms with Crippen LogP contribution in [0.4, 0.5) is 0 Å². The summed E-state index contributed by atoms with van der Waals surface area (Å²) < 4.78 is 0. The van der Waals surface area contributed by atoms with Crippen molar-refractivity contribution in [2.75, 3.05) is 0 Å². The van der Waals surface area contributed by atoms with Crippen LogP contribution in [0.5, 0.6) is 0 Å². The molecule has 0 atom stereocenters. The molecule has 0 saturated heterocycles. The predicted octanol–water partition coefficient (Wildman–Crippen LogP) is 4.30. The van der Waals surface area contributed by atoms with Gasteiger partial charge in [0, 0.05) is 0 Å². The maximum absolute atomic E-state index is 3.86. The maximum Gasteiger partial charge on any atom is -0.0132 e. The molecule has 0 unspecified atom stereocenters. The van der Waals surface area contributed by atoms with Gasteiger partial charge in [-0.15, -0.1) is 0 Å². The Morgan fingerprint density at radius 2 is 1.71 bits per heavy atom. The molecular formula is C14H18. The number of hydrogen-bond acceptors (Lipinski definition) is 0. The zero-order valence-electron chi connectivity index (χ0n) is 9.25. The quantitative estimate of drug-likeness (QED) is 0.604. The van der Waals surface area contributed by atoms with Gasteiger partial charge in [0.2, 0.25) is 0 Å². The lowest BCUT2D eigenvalue weighted by atomic mass is 9.85. The van der Waals surface area contributed by atoms with E-state index in [1.54, 1.807) is 0 Å². The topological polar surface area (TPSA) is 0 Å². The molecule has 0 heteroatoms. The van der Waals surface area contributed by atoms with Crippen LogP contribution in [0.1, 0.15) is 26.3 Å². The fraction of sp³-hybridized carbons (Fsp3) is 0.286. The van der Waals surface area contributed by atoms with Gasteiger partial charge in [-0.25, -0.2) is 0 Å². The molecule has 0 amide bonds. The number of benzene rings is 1. The minimum atomic E-state index is 0.164. The zero-order valence-corrected chi connectivity index (χ0v) is 9.25. The van der Waals surface area contributed by atoms with Crippen LogP contribution in [0, 0.1) is 5.41 Å². The number of rotatable bonds is 2. The van der Waals surface area contributed by atoms with Gasteiger partial charge in [0.1, 0.15) is 0 Å². The third-order valence-corrected chi connectivity index (χ3v) is 2.21. The van der Waals surface area contributed by atoms with Gasteiger partial charge in [-0.1, -0.05) is 69.8 Å². The van der Waals surface area contributed by atoms with Gasteiger partial charge in [-0.3, -0.25) is 0 Å². The summed E-state index contributed by atoms with van der Waals surface area (Å²) in [4.78, 5) is 0. The molecule has 0 spiro atoms. The third-order valence-electron chi connectivity index (χ3n) is 2.21. The second-order valence-electron chi connectivity index (χ2n) is 4.46. The Morgan fingerprint density at radius 1 is 1.14 bits per heavy atom. The molecule has 1 aromatic rings. The summed E-state index contributed by atoms with van der Waals surface area (Å²) in [6.07, 6.45) is 4.12. The highest BCUT2D eigenvalue weighted by atomic mass is 14.2. The average molecular weight is 186 g/mol. The molecule has 0 aromatic heterocycles. The Balaban J connectivity index is 3.02. The summed E-state index contributed by atoms with van der Waals surface area (Å²) in [5.74, 6) is 0. The molecule has 0 N–H and O–H groups in total. The van der Waals surface area contributed by atoms with E-state index in [0.717, 1.165) is 0 Å².